The molecule has 7 heteroatoms. The SMILES string of the molecule is Cc1ccc([N+](=O)[O-])cc1C(=O)N1CCCC(C(=O)Nc2cccc(C(C)(C)C)c2)C1c1ccccc1. The molecule has 1 saturated heterocycles. The van der Waals surface area contributed by atoms with E-state index in [0.29, 0.717) is 24.9 Å². The third-order valence-electron chi connectivity index (χ3n) is 7.03. The first-order chi connectivity index (χ1) is 17.6. The van der Waals surface area contributed by atoms with Crippen LogP contribution in [0.5, 0.6) is 0 Å². The number of likely N-dealkylation sites (tertiary alicyclic amines) is 1. The van der Waals surface area contributed by atoms with Gasteiger partial charge in [-0.25, -0.2) is 0 Å². The minimum atomic E-state index is -0.497. The molecule has 7 nitrogen and oxygen atoms in total. The minimum absolute atomic E-state index is 0.0580. The van der Waals surface area contributed by atoms with Crippen molar-refractivity contribution < 1.29 is 14.5 Å². The van der Waals surface area contributed by atoms with E-state index >= 15 is 0 Å². The highest BCUT2D eigenvalue weighted by molar-refractivity contribution is 5.98. The molecule has 1 fully saturated rings. The Kier molecular flexibility index (Phi) is 7.43. The van der Waals surface area contributed by atoms with Crippen LogP contribution >= 0.6 is 0 Å². The van der Waals surface area contributed by atoms with Gasteiger partial charge in [-0.15, -0.1) is 0 Å². The molecule has 4 rings (SSSR count). The lowest BCUT2D eigenvalue weighted by molar-refractivity contribution is -0.384. The Morgan fingerprint density at radius 1 is 1.00 bits per heavy atom. The Hall–Kier alpha value is -4.00. The van der Waals surface area contributed by atoms with Crippen molar-refractivity contribution in [2.45, 2.75) is 52.0 Å². The first-order valence-corrected chi connectivity index (χ1v) is 12.6. The summed E-state index contributed by atoms with van der Waals surface area (Å²) < 4.78 is 0. The van der Waals surface area contributed by atoms with E-state index in [1.54, 1.807) is 17.9 Å². The fourth-order valence-corrected chi connectivity index (χ4v) is 4.97. The quantitative estimate of drug-likeness (QED) is 0.323. The van der Waals surface area contributed by atoms with Crippen LogP contribution in [0.4, 0.5) is 11.4 Å². The van der Waals surface area contributed by atoms with Crippen molar-refractivity contribution in [2.24, 2.45) is 5.92 Å². The molecule has 0 bridgehead atoms. The summed E-state index contributed by atoms with van der Waals surface area (Å²) in [5.74, 6) is -0.923. The number of carbonyl (C=O) groups excluding carboxylic acids is 2. The van der Waals surface area contributed by atoms with E-state index < -0.39 is 16.9 Å². The molecular weight excluding hydrogens is 466 g/mol. The highest BCUT2D eigenvalue weighted by Gasteiger charge is 2.40. The topological polar surface area (TPSA) is 92.6 Å². The fourth-order valence-electron chi connectivity index (χ4n) is 4.97. The first kappa shape index (κ1) is 26.1. The predicted molar refractivity (Wildman–Crippen MR) is 145 cm³/mol. The van der Waals surface area contributed by atoms with Gasteiger partial charge in [0.05, 0.1) is 16.9 Å². The van der Waals surface area contributed by atoms with Crippen LogP contribution in [0.3, 0.4) is 0 Å². The molecule has 37 heavy (non-hydrogen) atoms. The Labute approximate surface area is 217 Å². The van der Waals surface area contributed by atoms with Gasteiger partial charge in [0.15, 0.2) is 0 Å². The molecule has 1 aliphatic heterocycles. The van der Waals surface area contributed by atoms with Crippen LogP contribution in [0, 0.1) is 23.0 Å². The Morgan fingerprint density at radius 3 is 2.41 bits per heavy atom. The molecule has 0 spiro atoms. The number of nitrogens with one attached hydrogen (secondary N) is 1. The van der Waals surface area contributed by atoms with Gasteiger partial charge in [0.25, 0.3) is 11.6 Å². The molecule has 0 aromatic heterocycles. The summed E-state index contributed by atoms with van der Waals surface area (Å²) in [6, 6.07) is 21.2. The van der Waals surface area contributed by atoms with Crippen molar-refractivity contribution in [3.63, 3.8) is 0 Å². The third-order valence-corrected chi connectivity index (χ3v) is 7.03. The fraction of sp³-hybridized carbons (Fsp3) is 0.333. The normalized spacial score (nSPS) is 17.8. The monoisotopic (exact) mass is 499 g/mol. The van der Waals surface area contributed by atoms with Crippen LogP contribution in [-0.2, 0) is 10.2 Å². The van der Waals surface area contributed by atoms with Crippen molar-refractivity contribution in [3.8, 4) is 0 Å². The number of nitro groups is 1. The van der Waals surface area contributed by atoms with E-state index in [2.05, 4.69) is 26.1 Å². The van der Waals surface area contributed by atoms with Crippen molar-refractivity contribution >= 4 is 23.2 Å². The molecule has 3 aromatic carbocycles. The number of benzene rings is 3. The standard InChI is InChI=1S/C30H33N3O4/c1-20-15-16-24(33(36)37)19-26(20)29(35)32-17-9-14-25(27(32)21-10-6-5-7-11-21)28(34)31-23-13-8-12-22(18-23)30(2,3)4/h5-8,10-13,15-16,18-19,25,27H,9,14,17H2,1-4H3,(H,31,34). The summed E-state index contributed by atoms with van der Waals surface area (Å²) in [6.45, 7) is 8.61. The van der Waals surface area contributed by atoms with Crippen LogP contribution in [0.2, 0.25) is 0 Å². The van der Waals surface area contributed by atoms with Gasteiger partial charge in [0.1, 0.15) is 0 Å². The average molecular weight is 500 g/mol. The molecule has 192 valence electrons. The molecule has 1 aliphatic rings. The Morgan fingerprint density at radius 2 is 1.73 bits per heavy atom. The van der Waals surface area contributed by atoms with Crippen LogP contribution in [-0.4, -0.2) is 28.2 Å². The van der Waals surface area contributed by atoms with E-state index in [9.17, 15) is 19.7 Å². The van der Waals surface area contributed by atoms with Gasteiger partial charge in [-0.3, -0.25) is 19.7 Å². The Bertz CT molecular complexity index is 1310. The number of amides is 2. The van der Waals surface area contributed by atoms with E-state index in [-0.39, 0.29) is 28.5 Å². The molecular formula is C30H33N3O4. The zero-order valence-corrected chi connectivity index (χ0v) is 21.7. The zero-order valence-electron chi connectivity index (χ0n) is 21.7. The summed E-state index contributed by atoms with van der Waals surface area (Å²) in [4.78, 5) is 40.1. The van der Waals surface area contributed by atoms with Gasteiger partial charge in [0.2, 0.25) is 5.91 Å². The van der Waals surface area contributed by atoms with Crippen molar-refractivity contribution in [1.82, 2.24) is 4.90 Å². The van der Waals surface area contributed by atoms with E-state index in [1.807, 2.05) is 54.6 Å². The highest BCUT2D eigenvalue weighted by Crippen LogP contribution is 2.38. The molecule has 2 amide bonds. The molecule has 0 radical (unpaired) electrons. The number of nitro benzene ring substituents is 1. The van der Waals surface area contributed by atoms with Crippen LogP contribution in [0.15, 0.2) is 72.8 Å². The lowest BCUT2D eigenvalue weighted by atomic mass is 9.83. The maximum atomic E-state index is 13.8. The number of carbonyl (C=O) groups is 2. The van der Waals surface area contributed by atoms with Crippen LogP contribution in [0.25, 0.3) is 0 Å². The second-order valence-electron chi connectivity index (χ2n) is 10.7. The molecule has 0 aliphatic carbocycles. The largest absolute Gasteiger partial charge is 0.331 e. The maximum Gasteiger partial charge on any atom is 0.270 e. The van der Waals surface area contributed by atoms with E-state index in [1.165, 1.54) is 12.1 Å². The predicted octanol–water partition coefficient (Wildman–Crippen LogP) is 6.43. The number of aryl methyl sites for hydroxylation is 1. The van der Waals surface area contributed by atoms with Gasteiger partial charge in [-0.1, -0.05) is 69.3 Å². The third kappa shape index (κ3) is 5.71. The van der Waals surface area contributed by atoms with Gasteiger partial charge in [0, 0.05) is 29.9 Å². The summed E-state index contributed by atoms with van der Waals surface area (Å²) in [5.41, 5.74) is 3.46. The van der Waals surface area contributed by atoms with Gasteiger partial charge >= 0.3 is 0 Å². The minimum Gasteiger partial charge on any atom is -0.331 e. The van der Waals surface area contributed by atoms with E-state index in [4.69, 9.17) is 0 Å². The van der Waals surface area contributed by atoms with E-state index in [0.717, 1.165) is 16.8 Å². The number of non-ortho nitro benzene ring substituents is 1. The first-order valence-electron chi connectivity index (χ1n) is 12.6. The van der Waals surface area contributed by atoms with Crippen LogP contribution in [0.1, 0.15) is 66.7 Å². The van der Waals surface area contributed by atoms with Gasteiger partial charge in [-0.2, -0.15) is 0 Å². The summed E-state index contributed by atoms with van der Waals surface area (Å²) in [6.07, 6.45) is 1.28. The van der Waals surface area contributed by atoms with Crippen molar-refractivity contribution in [1.29, 1.82) is 0 Å². The molecule has 2 unspecified atom stereocenters. The smallest absolute Gasteiger partial charge is 0.270 e. The van der Waals surface area contributed by atoms with Gasteiger partial charge < -0.3 is 10.2 Å². The summed E-state index contributed by atoms with van der Waals surface area (Å²) in [7, 11) is 0. The van der Waals surface area contributed by atoms with Crippen LogP contribution < -0.4 is 5.32 Å². The summed E-state index contributed by atoms with van der Waals surface area (Å²) >= 11 is 0. The maximum absolute atomic E-state index is 13.8. The molecule has 1 heterocycles. The zero-order chi connectivity index (χ0) is 26.7. The lowest BCUT2D eigenvalue weighted by Crippen LogP contribution is -2.46. The number of nitrogens with zero attached hydrogens (tertiary/aromatic N) is 2. The second-order valence-corrected chi connectivity index (χ2v) is 10.7. The summed E-state index contributed by atoms with van der Waals surface area (Å²) in [5, 5.41) is 14.5. The highest BCUT2D eigenvalue weighted by atomic mass is 16.6. The number of rotatable bonds is 5. The lowest BCUT2D eigenvalue weighted by Gasteiger charge is -2.41. The Balaban J connectivity index is 1.69. The second kappa shape index (κ2) is 10.5. The molecule has 0 saturated carbocycles. The number of anilines is 1. The number of hydrogen-bond donors (Lipinski definition) is 1. The van der Waals surface area contributed by atoms with Gasteiger partial charge in [-0.05, 0) is 54.0 Å². The van der Waals surface area contributed by atoms with Crippen molar-refractivity contribution in [3.05, 3.63) is 105 Å². The molecule has 1 N–H and O–H groups in total. The average Bonchev–Trinajstić information content (AvgIpc) is 2.88. The number of hydrogen-bond acceptors (Lipinski definition) is 4. The molecule has 2 atom stereocenters. The number of piperidine rings is 1. The molecule has 3 aromatic rings. The van der Waals surface area contributed by atoms with Crippen molar-refractivity contribution in [2.75, 3.05) is 11.9 Å².